The number of benzene rings is 1. The van der Waals surface area contributed by atoms with Gasteiger partial charge in [-0.3, -0.25) is 0 Å². The lowest BCUT2D eigenvalue weighted by molar-refractivity contribution is -0.308. The highest BCUT2D eigenvalue weighted by Gasteiger charge is 2.44. The monoisotopic (exact) mass is 262 g/mol. The molecule has 0 aromatic heterocycles. The Hall–Kier alpha value is -0.900. The molecule has 2 aliphatic rings. The van der Waals surface area contributed by atoms with Crippen molar-refractivity contribution in [3.05, 3.63) is 35.9 Å². The van der Waals surface area contributed by atoms with Crippen LogP contribution in [0.15, 0.2) is 30.3 Å². The van der Waals surface area contributed by atoms with E-state index in [0.29, 0.717) is 18.4 Å². The highest BCUT2D eigenvalue weighted by Crippen LogP contribution is 2.38. The molecule has 19 heavy (non-hydrogen) atoms. The van der Waals surface area contributed by atoms with E-state index in [0.717, 1.165) is 5.56 Å². The smallest absolute Gasteiger partial charge is 0.184 e. The van der Waals surface area contributed by atoms with E-state index in [1.807, 2.05) is 30.3 Å². The fraction of sp³-hybridized carbons (Fsp3) is 0.625. The van der Waals surface area contributed by atoms with E-state index >= 15 is 0 Å². The Kier molecular flexibility index (Phi) is 3.61. The number of hydrogen-bond donors (Lipinski definition) is 0. The van der Waals surface area contributed by atoms with E-state index in [4.69, 9.17) is 14.2 Å². The maximum Gasteiger partial charge on any atom is 0.184 e. The summed E-state index contributed by atoms with van der Waals surface area (Å²) in [5.41, 5.74) is 1.08. The predicted octanol–water partition coefficient (Wildman–Crippen LogP) is 3.16. The maximum absolute atomic E-state index is 6.16. The van der Waals surface area contributed by atoms with Gasteiger partial charge in [0.2, 0.25) is 0 Å². The Balaban J connectivity index is 1.75. The molecule has 2 aliphatic heterocycles. The molecular weight excluding hydrogens is 240 g/mol. The van der Waals surface area contributed by atoms with E-state index in [1.54, 1.807) is 0 Å². The molecule has 0 saturated carbocycles. The summed E-state index contributed by atoms with van der Waals surface area (Å²) in [7, 11) is 0. The molecular formula is C16H22O3. The zero-order chi connectivity index (χ0) is 13.4. The Bertz CT molecular complexity index is 417. The second kappa shape index (κ2) is 5.23. The van der Waals surface area contributed by atoms with Gasteiger partial charge in [0.1, 0.15) is 6.10 Å². The second-order valence-corrected chi connectivity index (χ2v) is 5.77. The normalized spacial score (nSPS) is 42.7. The summed E-state index contributed by atoms with van der Waals surface area (Å²) in [6.07, 6.45) is 0.220. The molecule has 0 N–H and O–H groups in total. The van der Waals surface area contributed by atoms with Crippen molar-refractivity contribution in [1.82, 2.24) is 0 Å². The van der Waals surface area contributed by atoms with Gasteiger partial charge < -0.3 is 14.2 Å². The van der Waals surface area contributed by atoms with Crippen LogP contribution in [0.2, 0.25) is 0 Å². The summed E-state index contributed by atoms with van der Waals surface area (Å²) in [6, 6.07) is 10.1. The molecule has 3 unspecified atom stereocenters. The third-order valence-corrected chi connectivity index (χ3v) is 4.61. The molecule has 1 aromatic carbocycles. The van der Waals surface area contributed by atoms with Crippen LogP contribution in [0.4, 0.5) is 0 Å². The molecule has 104 valence electrons. The lowest BCUT2D eigenvalue weighted by Gasteiger charge is -2.47. The highest BCUT2D eigenvalue weighted by molar-refractivity contribution is 5.16. The molecule has 0 radical (unpaired) electrons. The first kappa shape index (κ1) is 13.1. The van der Waals surface area contributed by atoms with E-state index in [-0.39, 0.29) is 24.6 Å². The molecule has 0 amide bonds. The van der Waals surface area contributed by atoms with Crippen LogP contribution in [-0.2, 0) is 14.2 Å². The van der Waals surface area contributed by atoms with Crippen LogP contribution in [-0.4, -0.2) is 24.9 Å². The molecule has 2 fully saturated rings. The van der Waals surface area contributed by atoms with Gasteiger partial charge in [-0.05, 0) is 18.8 Å². The molecule has 6 atom stereocenters. The first-order chi connectivity index (χ1) is 9.16. The lowest BCUT2D eigenvalue weighted by Crippen LogP contribution is -2.54. The van der Waals surface area contributed by atoms with Gasteiger partial charge in [0, 0.05) is 5.56 Å². The van der Waals surface area contributed by atoms with Gasteiger partial charge in [-0.25, -0.2) is 0 Å². The average molecular weight is 262 g/mol. The van der Waals surface area contributed by atoms with Crippen molar-refractivity contribution in [2.45, 2.75) is 45.4 Å². The lowest BCUT2D eigenvalue weighted by atomic mass is 9.81. The van der Waals surface area contributed by atoms with Gasteiger partial charge in [0.15, 0.2) is 6.29 Å². The highest BCUT2D eigenvalue weighted by atomic mass is 16.7. The minimum atomic E-state index is -0.255. The molecule has 3 heteroatoms. The van der Waals surface area contributed by atoms with E-state index in [1.165, 1.54) is 0 Å². The fourth-order valence-corrected chi connectivity index (χ4v) is 3.04. The minimum Gasteiger partial charge on any atom is -0.370 e. The molecule has 0 aliphatic carbocycles. The van der Waals surface area contributed by atoms with E-state index in [9.17, 15) is 0 Å². The molecule has 0 bridgehead atoms. The van der Waals surface area contributed by atoms with Gasteiger partial charge >= 0.3 is 0 Å². The van der Waals surface area contributed by atoms with Crippen LogP contribution in [0.25, 0.3) is 0 Å². The SMILES string of the molecule is CC1[C@@H](C)C2OC(c3ccccc3)OC[C@H]2O[C@H]1C. The van der Waals surface area contributed by atoms with Crippen LogP contribution < -0.4 is 0 Å². The van der Waals surface area contributed by atoms with E-state index in [2.05, 4.69) is 20.8 Å². The predicted molar refractivity (Wildman–Crippen MR) is 72.7 cm³/mol. The van der Waals surface area contributed by atoms with Crippen molar-refractivity contribution in [2.75, 3.05) is 6.61 Å². The summed E-state index contributed by atoms with van der Waals surface area (Å²) >= 11 is 0. The summed E-state index contributed by atoms with van der Waals surface area (Å²) in [5.74, 6) is 1.000. The Labute approximate surface area is 114 Å². The molecule has 1 aromatic rings. The zero-order valence-corrected chi connectivity index (χ0v) is 11.8. The fourth-order valence-electron chi connectivity index (χ4n) is 3.04. The largest absolute Gasteiger partial charge is 0.370 e. The van der Waals surface area contributed by atoms with Crippen molar-refractivity contribution in [3.63, 3.8) is 0 Å². The van der Waals surface area contributed by atoms with Crippen molar-refractivity contribution < 1.29 is 14.2 Å². The quantitative estimate of drug-likeness (QED) is 0.778. The van der Waals surface area contributed by atoms with Gasteiger partial charge in [-0.15, -0.1) is 0 Å². The molecule has 2 heterocycles. The Morgan fingerprint density at radius 2 is 1.68 bits per heavy atom. The summed E-state index contributed by atoms with van der Waals surface area (Å²) in [6.45, 7) is 7.25. The minimum absolute atomic E-state index is 0.0705. The number of ether oxygens (including phenoxy) is 3. The third kappa shape index (κ3) is 2.42. The average Bonchev–Trinajstić information content (AvgIpc) is 2.46. The van der Waals surface area contributed by atoms with Crippen LogP contribution in [0.1, 0.15) is 32.6 Å². The van der Waals surface area contributed by atoms with Gasteiger partial charge in [0.05, 0.1) is 18.8 Å². The van der Waals surface area contributed by atoms with Crippen molar-refractivity contribution in [2.24, 2.45) is 11.8 Å². The number of rotatable bonds is 1. The first-order valence-electron chi connectivity index (χ1n) is 7.14. The molecule has 3 rings (SSSR count). The maximum atomic E-state index is 6.16. The summed E-state index contributed by atoms with van der Waals surface area (Å²) in [5, 5.41) is 0. The van der Waals surface area contributed by atoms with Gasteiger partial charge in [-0.1, -0.05) is 44.2 Å². The standard InChI is InChI=1S/C16H22O3/c1-10-11(2)15-14(18-12(10)3)9-17-16(19-15)13-7-5-4-6-8-13/h4-8,10-12,14-16H,9H2,1-3H3/t10?,11-,12+,14-,15?,16?/m1/s1. The first-order valence-corrected chi connectivity index (χ1v) is 7.14. The second-order valence-electron chi connectivity index (χ2n) is 5.77. The third-order valence-electron chi connectivity index (χ3n) is 4.61. The number of hydrogen-bond acceptors (Lipinski definition) is 3. The summed E-state index contributed by atoms with van der Waals surface area (Å²) in [4.78, 5) is 0. The van der Waals surface area contributed by atoms with Gasteiger partial charge in [0.25, 0.3) is 0 Å². The van der Waals surface area contributed by atoms with Crippen LogP contribution >= 0.6 is 0 Å². The van der Waals surface area contributed by atoms with Crippen LogP contribution in [0.3, 0.4) is 0 Å². The topological polar surface area (TPSA) is 27.7 Å². The molecule has 3 nitrogen and oxygen atoms in total. The zero-order valence-electron chi connectivity index (χ0n) is 11.8. The van der Waals surface area contributed by atoms with Crippen LogP contribution in [0.5, 0.6) is 0 Å². The van der Waals surface area contributed by atoms with E-state index < -0.39 is 0 Å². The Morgan fingerprint density at radius 3 is 2.42 bits per heavy atom. The van der Waals surface area contributed by atoms with Crippen molar-refractivity contribution >= 4 is 0 Å². The van der Waals surface area contributed by atoms with Crippen molar-refractivity contribution in [3.8, 4) is 0 Å². The molecule has 0 spiro atoms. The Morgan fingerprint density at radius 1 is 0.947 bits per heavy atom. The van der Waals surface area contributed by atoms with Gasteiger partial charge in [-0.2, -0.15) is 0 Å². The molecule has 2 saturated heterocycles. The summed E-state index contributed by atoms with van der Waals surface area (Å²) < 4.78 is 18.0. The van der Waals surface area contributed by atoms with Crippen molar-refractivity contribution in [1.29, 1.82) is 0 Å². The van der Waals surface area contributed by atoms with Crippen LogP contribution in [0, 0.1) is 11.8 Å². The number of fused-ring (bicyclic) bond motifs is 1.